The summed E-state index contributed by atoms with van der Waals surface area (Å²) in [7, 11) is 2.16. The number of rotatable bonds is 6. The van der Waals surface area contributed by atoms with Gasteiger partial charge in [-0.25, -0.2) is 0 Å². The van der Waals surface area contributed by atoms with E-state index in [-0.39, 0.29) is 0 Å². The van der Waals surface area contributed by atoms with Crippen LogP contribution in [0.25, 0.3) is 0 Å². The van der Waals surface area contributed by atoms with Crippen molar-refractivity contribution in [2.45, 2.75) is 19.4 Å². The summed E-state index contributed by atoms with van der Waals surface area (Å²) >= 11 is 0. The maximum Gasteiger partial charge on any atom is 0.0991 e. The van der Waals surface area contributed by atoms with Gasteiger partial charge in [-0.05, 0) is 50.2 Å². The van der Waals surface area contributed by atoms with Crippen LogP contribution < -0.4 is 0 Å². The van der Waals surface area contributed by atoms with E-state index in [4.69, 9.17) is 5.26 Å². The highest BCUT2D eigenvalue weighted by atomic mass is 16.3. The van der Waals surface area contributed by atoms with E-state index >= 15 is 0 Å². The molecule has 2 unspecified atom stereocenters. The minimum absolute atomic E-state index is 0.472. The molecule has 114 valence electrons. The van der Waals surface area contributed by atoms with Gasteiger partial charge in [0.1, 0.15) is 0 Å². The minimum Gasteiger partial charge on any atom is -0.387 e. The van der Waals surface area contributed by atoms with E-state index in [0.29, 0.717) is 18.0 Å². The van der Waals surface area contributed by atoms with Crippen LogP contribution >= 0.6 is 0 Å². The number of aliphatic hydroxyl groups excluding tert-OH is 1. The van der Waals surface area contributed by atoms with Crippen molar-refractivity contribution >= 4 is 0 Å². The Morgan fingerprint density at radius 3 is 2.76 bits per heavy atom. The summed E-state index contributed by atoms with van der Waals surface area (Å²) in [6, 6.07) is 9.33. The first kappa shape index (κ1) is 16.0. The molecular formula is C17H25N3O. The summed E-state index contributed by atoms with van der Waals surface area (Å²) in [5.41, 5.74) is 1.53. The summed E-state index contributed by atoms with van der Waals surface area (Å²) in [5, 5.41) is 19.1. The molecule has 4 nitrogen and oxygen atoms in total. The molecule has 0 spiro atoms. The topological polar surface area (TPSA) is 50.5 Å². The SMILES string of the molecule is CCN(C)CC1CCN(CC(O)c2ccc(C#N)cc2)C1. The zero-order valence-corrected chi connectivity index (χ0v) is 13.0. The van der Waals surface area contributed by atoms with Crippen molar-refractivity contribution in [2.24, 2.45) is 5.92 Å². The largest absolute Gasteiger partial charge is 0.387 e. The van der Waals surface area contributed by atoms with Crippen molar-refractivity contribution in [3.05, 3.63) is 35.4 Å². The van der Waals surface area contributed by atoms with Crippen LogP contribution in [0.3, 0.4) is 0 Å². The highest BCUT2D eigenvalue weighted by Crippen LogP contribution is 2.21. The summed E-state index contributed by atoms with van der Waals surface area (Å²) in [5.74, 6) is 0.711. The number of nitrogens with zero attached hydrogens (tertiary/aromatic N) is 3. The first-order chi connectivity index (χ1) is 10.1. The van der Waals surface area contributed by atoms with Crippen molar-refractivity contribution in [3.63, 3.8) is 0 Å². The monoisotopic (exact) mass is 287 g/mol. The molecule has 0 radical (unpaired) electrons. The van der Waals surface area contributed by atoms with Gasteiger partial charge in [0.15, 0.2) is 0 Å². The zero-order valence-electron chi connectivity index (χ0n) is 13.0. The molecule has 1 heterocycles. The summed E-state index contributed by atoms with van der Waals surface area (Å²) in [4.78, 5) is 4.70. The van der Waals surface area contributed by atoms with Crippen molar-refractivity contribution in [3.8, 4) is 6.07 Å². The number of aliphatic hydroxyl groups is 1. The Bertz CT molecular complexity index is 480. The molecule has 1 aromatic carbocycles. The summed E-state index contributed by atoms with van der Waals surface area (Å²) < 4.78 is 0. The summed E-state index contributed by atoms with van der Waals surface area (Å²) in [6.07, 6.45) is 0.741. The first-order valence-electron chi connectivity index (χ1n) is 7.71. The van der Waals surface area contributed by atoms with Gasteiger partial charge in [0.25, 0.3) is 0 Å². The van der Waals surface area contributed by atoms with Crippen molar-refractivity contribution in [1.82, 2.24) is 9.80 Å². The van der Waals surface area contributed by atoms with E-state index in [9.17, 15) is 5.11 Å². The number of likely N-dealkylation sites (tertiary alicyclic amines) is 1. The van der Waals surface area contributed by atoms with Crippen molar-refractivity contribution in [1.29, 1.82) is 5.26 Å². The van der Waals surface area contributed by atoms with Gasteiger partial charge < -0.3 is 14.9 Å². The van der Waals surface area contributed by atoms with Crippen molar-refractivity contribution in [2.75, 3.05) is 39.8 Å². The Hall–Kier alpha value is -1.41. The number of β-amino-alcohol motifs (C(OH)–C–C–N with tert-alkyl or cyclic N) is 1. The molecule has 1 aliphatic heterocycles. The van der Waals surface area contributed by atoms with Crippen LogP contribution in [0.1, 0.15) is 30.6 Å². The number of hydrogen-bond donors (Lipinski definition) is 1. The molecule has 1 aromatic rings. The van der Waals surface area contributed by atoms with Crippen LogP contribution in [0.2, 0.25) is 0 Å². The second-order valence-electron chi connectivity index (χ2n) is 6.02. The van der Waals surface area contributed by atoms with Crippen LogP contribution in [0.5, 0.6) is 0 Å². The van der Waals surface area contributed by atoms with Crippen LogP contribution in [-0.4, -0.2) is 54.7 Å². The fraction of sp³-hybridized carbons (Fsp3) is 0.588. The molecule has 2 atom stereocenters. The summed E-state index contributed by atoms with van der Waals surface area (Å²) in [6.45, 7) is 7.22. The van der Waals surface area contributed by atoms with Crippen LogP contribution in [0.15, 0.2) is 24.3 Å². The quantitative estimate of drug-likeness (QED) is 0.868. The van der Waals surface area contributed by atoms with E-state index in [0.717, 1.165) is 31.7 Å². The second-order valence-corrected chi connectivity index (χ2v) is 6.02. The second kappa shape index (κ2) is 7.56. The fourth-order valence-electron chi connectivity index (χ4n) is 2.93. The predicted molar refractivity (Wildman–Crippen MR) is 83.8 cm³/mol. The lowest BCUT2D eigenvalue weighted by Crippen LogP contribution is -2.30. The highest BCUT2D eigenvalue weighted by Gasteiger charge is 2.25. The lowest BCUT2D eigenvalue weighted by molar-refractivity contribution is 0.123. The minimum atomic E-state index is -0.472. The smallest absolute Gasteiger partial charge is 0.0991 e. The van der Waals surface area contributed by atoms with Crippen LogP contribution in [0, 0.1) is 17.2 Å². The molecule has 1 N–H and O–H groups in total. The molecule has 0 saturated carbocycles. The van der Waals surface area contributed by atoms with Gasteiger partial charge in [-0.3, -0.25) is 0 Å². The Morgan fingerprint density at radius 1 is 1.43 bits per heavy atom. The molecule has 2 rings (SSSR count). The molecule has 0 aromatic heterocycles. The van der Waals surface area contributed by atoms with Crippen LogP contribution in [-0.2, 0) is 0 Å². The average Bonchev–Trinajstić information content (AvgIpc) is 2.94. The lowest BCUT2D eigenvalue weighted by Gasteiger charge is -2.22. The Kier molecular flexibility index (Phi) is 5.75. The van der Waals surface area contributed by atoms with E-state index in [1.165, 1.54) is 6.42 Å². The van der Waals surface area contributed by atoms with Crippen molar-refractivity contribution < 1.29 is 5.11 Å². The molecule has 1 saturated heterocycles. The Balaban J connectivity index is 1.83. The molecule has 1 fully saturated rings. The van der Waals surface area contributed by atoms with E-state index in [2.05, 4.69) is 29.8 Å². The third-order valence-electron chi connectivity index (χ3n) is 4.34. The zero-order chi connectivity index (χ0) is 15.2. The molecule has 0 aliphatic carbocycles. The van der Waals surface area contributed by atoms with Gasteiger partial charge in [-0.15, -0.1) is 0 Å². The van der Waals surface area contributed by atoms with Gasteiger partial charge in [-0.2, -0.15) is 5.26 Å². The Morgan fingerprint density at radius 2 is 2.14 bits per heavy atom. The molecule has 0 amide bonds. The molecule has 21 heavy (non-hydrogen) atoms. The maximum atomic E-state index is 10.3. The number of nitriles is 1. The molecule has 1 aliphatic rings. The molecule has 0 bridgehead atoms. The third kappa shape index (κ3) is 4.53. The van der Waals surface area contributed by atoms with Gasteiger partial charge in [0, 0.05) is 19.6 Å². The third-order valence-corrected chi connectivity index (χ3v) is 4.34. The molecule has 4 heteroatoms. The van der Waals surface area contributed by atoms with E-state index in [1.54, 1.807) is 12.1 Å². The average molecular weight is 287 g/mol. The van der Waals surface area contributed by atoms with Gasteiger partial charge in [0.05, 0.1) is 17.7 Å². The van der Waals surface area contributed by atoms with E-state index < -0.39 is 6.10 Å². The van der Waals surface area contributed by atoms with Gasteiger partial charge in [-0.1, -0.05) is 19.1 Å². The standard InChI is InChI=1S/C17H25N3O/c1-3-19(2)11-15-8-9-20(12-15)13-17(21)16-6-4-14(10-18)5-7-16/h4-7,15,17,21H,3,8-9,11-13H2,1-2H3. The molecular weight excluding hydrogens is 262 g/mol. The fourth-order valence-corrected chi connectivity index (χ4v) is 2.93. The van der Waals surface area contributed by atoms with Gasteiger partial charge in [0.2, 0.25) is 0 Å². The number of hydrogen-bond acceptors (Lipinski definition) is 4. The number of benzene rings is 1. The van der Waals surface area contributed by atoms with E-state index in [1.807, 2.05) is 12.1 Å². The normalized spacial score (nSPS) is 20.6. The lowest BCUT2D eigenvalue weighted by atomic mass is 10.1. The predicted octanol–water partition coefficient (Wildman–Crippen LogP) is 1.87. The maximum absolute atomic E-state index is 10.3. The van der Waals surface area contributed by atoms with Crippen LogP contribution in [0.4, 0.5) is 0 Å². The highest BCUT2D eigenvalue weighted by molar-refractivity contribution is 5.32. The first-order valence-corrected chi connectivity index (χ1v) is 7.71. The van der Waals surface area contributed by atoms with Gasteiger partial charge >= 0.3 is 0 Å². The Labute approximate surface area is 127 Å².